The largest absolute Gasteiger partial charge is 0.497 e. The lowest BCUT2D eigenvalue weighted by Gasteiger charge is -2.14. The molecule has 0 saturated heterocycles. The fraction of sp³-hybridized carbons (Fsp3) is 0.533. The van der Waals surface area contributed by atoms with Crippen LogP contribution >= 0.6 is 11.6 Å². The first kappa shape index (κ1) is 15.8. The molecular formula is C15H22ClNO2. The molecule has 19 heavy (non-hydrogen) atoms. The van der Waals surface area contributed by atoms with Crippen molar-refractivity contribution in [2.24, 2.45) is 5.92 Å². The minimum absolute atomic E-state index is 0.0428. The molecule has 1 unspecified atom stereocenters. The van der Waals surface area contributed by atoms with E-state index in [4.69, 9.17) is 16.3 Å². The second kappa shape index (κ2) is 8.81. The summed E-state index contributed by atoms with van der Waals surface area (Å²) in [5.74, 6) is 1.93. The zero-order chi connectivity index (χ0) is 14.1. The SMILES string of the molecule is CCC(CCCl)CNC(=O)Cc1cccc(OC)c1. The van der Waals surface area contributed by atoms with Crippen molar-refractivity contribution in [3.05, 3.63) is 29.8 Å². The molecule has 0 aliphatic heterocycles. The van der Waals surface area contributed by atoms with Crippen molar-refractivity contribution >= 4 is 17.5 Å². The highest BCUT2D eigenvalue weighted by Crippen LogP contribution is 2.13. The third kappa shape index (κ3) is 5.97. The van der Waals surface area contributed by atoms with Crippen LogP contribution < -0.4 is 10.1 Å². The van der Waals surface area contributed by atoms with Crippen LogP contribution in [-0.2, 0) is 11.2 Å². The molecule has 1 aromatic rings. The average Bonchev–Trinajstić information content (AvgIpc) is 2.43. The van der Waals surface area contributed by atoms with E-state index in [2.05, 4.69) is 12.2 Å². The average molecular weight is 284 g/mol. The van der Waals surface area contributed by atoms with Crippen molar-refractivity contribution < 1.29 is 9.53 Å². The molecule has 0 fully saturated rings. The number of carbonyl (C=O) groups is 1. The number of hydrogen-bond acceptors (Lipinski definition) is 2. The molecule has 0 radical (unpaired) electrons. The number of rotatable bonds is 8. The maximum atomic E-state index is 11.9. The van der Waals surface area contributed by atoms with Gasteiger partial charge in [0.2, 0.25) is 5.91 Å². The molecular weight excluding hydrogens is 262 g/mol. The molecule has 1 rings (SSSR count). The Balaban J connectivity index is 2.41. The van der Waals surface area contributed by atoms with Gasteiger partial charge in [-0.3, -0.25) is 4.79 Å². The molecule has 0 saturated carbocycles. The van der Waals surface area contributed by atoms with Crippen LogP contribution in [0.1, 0.15) is 25.3 Å². The number of nitrogens with one attached hydrogen (secondary N) is 1. The van der Waals surface area contributed by atoms with Crippen LogP contribution in [0.4, 0.5) is 0 Å². The van der Waals surface area contributed by atoms with E-state index in [0.717, 1.165) is 24.2 Å². The smallest absolute Gasteiger partial charge is 0.224 e. The monoisotopic (exact) mass is 283 g/mol. The number of ether oxygens (including phenoxy) is 1. The summed E-state index contributed by atoms with van der Waals surface area (Å²) in [6.07, 6.45) is 2.36. The summed E-state index contributed by atoms with van der Waals surface area (Å²) in [5, 5.41) is 2.97. The summed E-state index contributed by atoms with van der Waals surface area (Å²) < 4.78 is 5.14. The molecule has 1 atom stereocenters. The number of hydrogen-bond donors (Lipinski definition) is 1. The molecule has 0 spiro atoms. The number of alkyl halides is 1. The Morgan fingerprint density at radius 3 is 2.89 bits per heavy atom. The van der Waals surface area contributed by atoms with Gasteiger partial charge in [0.05, 0.1) is 13.5 Å². The Morgan fingerprint density at radius 2 is 2.26 bits per heavy atom. The molecule has 1 aromatic carbocycles. The quantitative estimate of drug-likeness (QED) is 0.745. The third-order valence-electron chi connectivity index (χ3n) is 3.18. The summed E-state index contributed by atoms with van der Waals surface area (Å²) in [4.78, 5) is 11.9. The van der Waals surface area contributed by atoms with E-state index in [1.165, 1.54) is 0 Å². The van der Waals surface area contributed by atoms with E-state index >= 15 is 0 Å². The molecule has 0 aliphatic rings. The van der Waals surface area contributed by atoms with Gasteiger partial charge in [-0.15, -0.1) is 11.6 Å². The Kier molecular flexibility index (Phi) is 7.34. The van der Waals surface area contributed by atoms with Crippen LogP contribution in [0, 0.1) is 5.92 Å². The normalized spacial score (nSPS) is 11.9. The Hall–Kier alpha value is -1.22. The third-order valence-corrected chi connectivity index (χ3v) is 3.40. The predicted molar refractivity (Wildman–Crippen MR) is 78.8 cm³/mol. The predicted octanol–water partition coefficient (Wildman–Crippen LogP) is 3.01. The van der Waals surface area contributed by atoms with Gasteiger partial charge < -0.3 is 10.1 Å². The number of benzene rings is 1. The fourth-order valence-corrected chi connectivity index (χ4v) is 2.20. The van der Waals surface area contributed by atoms with Gasteiger partial charge in [0.25, 0.3) is 0 Å². The van der Waals surface area contributed by atoms with E-state index in [9.17, 15) is 4.79 Å². The van der Waals surface area contributed by atoms with Gasteiger partial charge in [0, 0.05) is 12.4 Å². The molecule has 1 N–H and O–H groups in total. The van der Waals surface area contributed by atoms with E-state index in [1.54, 1.807) is 7.11 Å². The number of methoxy groups -OCH3 is 1. The van der Waals surface area contributed by atoms with Crippen molar-refractivity contribution in [1.29, 1.82) is 0 Å². The Morgan fingerprint density at radius 1 is 1.47 bits per heavy atom. The topological polar surface area (TPSA) is 38.3 Å². The number of carbonyl (C=O) groups excluding carboxylic acids is 1. The maximum absolute atomic E-state index is 11.9. The molecule has 106 valence electrons. The summed E-state index contributed by atoms with van der Waals surface area (Å²) in [7, 11) is 1.62. The van der Waals surface area contributed by atoms with Gasteiger partial charge in [-0.2, -0.15) is 0 Å². The second-order valence-electron chi connectivity index (χ2n) is 4.58. The zero-order valence-electron chi connectivity index (χ0n) is 11.6. The summed E-state index contributed by atoms with van der Waals surface area (Å²) in [6, 6.07) is 7.58. The molecule has 4 heteroatoms. The van der Waals surface area contributed by atoms with Crippen molar-refractivity contribution in [1.82, 2.24) is 5.32 Å². The maximum Gasteiger partial charge on any atom is 0.224 e. The highest BCUT2D eigenvalue weighted by molar-refractivity contribution is 6.17. The van der Waals surface area contributed by atoms with E-state index < -0.39 is 0 Å². The van der Waals surface area contributed by atoms with Crippen molar-refractivity contribution in [3.8, 4) is 5.75 Å². The first-order chi connectivity index (χ1) is 9.19. The lowest BCUT2D eigenvalue weighted by molar-refractivity contribution is -0.120. The lowest BCUT2D eigenvalue weighted by atomic mass is 10.0. The van der Waals surface area contributed by atoms with E-state index in [0.29, 0.717) is 24.8 Å². The van der Waals surface area contributed by atoms with Gasteiger partial charge in [-0.25, -0.2) is 0 Å². The zero-order valence-corrected chi connectivity index (χ0v) is 12.4. The highest BCUT2D eigenvalue weighted by atomic mass is 35.5. The van der Waals surface area contributed by atoms with Crippen molar-refractivity contribution in [2.75, 3.05) is 19.5 Å². The van der Waals surface area contributed by atoms with Gasteiger partial charge in [-0.1, -0.05) is 25.5 Å². The highest BCUT2D eigenvalue weighted by Gasteiger charge is 2.09. The fourth-order valence-electron chi connectivity index (χ4n) is 1.89. The standard InChI is InChI=1S/C15H22ClNO2/c1-3-12(7-8-16)11-17-15(18)10-13-5-4-6-14(9-13)19-2/h4-6,9,12H,3,7-8,10-11H2,1-2H3,(H,17,18). The molecule has 0 aromatic heterocycles. The van der Waals surface area contributed by atoms with Crippen LogP contribution in [0.15, 0.2) is 24.3 Å². The van der Waals surface area contributed by atoms with Crippen LogP contribution in [0.2, 0.25) is 0 Å². The summed E-state index contributed by atoms with van der Waals surface area (Å²) in [6.45, 7) is 2.82. The van der Waals surface area contributed by atoms with Crippen LogP contribution in [0.5, 0.6) is 5.75 Å². The Bertz CT molecular complexity index is 395. The van der Waals surface area contributed by atoms with Crippen molar-refractivity contribution in [2.45, 2.75) is 26.2 Å². The second-order valence-corrected chi connectivity index (χ2v) is 4.96. The van der Waals surface area contributed by atoms with Crippen LogP contribution in [-0.4, -0.2) is 25.4 Å². The van der Waals surface area contributed by atoms with Gasteiger partial charge >= 0.3 is 0 Å². The number of amides is 1. The summed E-state index contributed by atoms with van der Waals surface area (Å²) >= 11 is 5.73. The first-order valence-electron chi connectivity index (χ1n) is 6.65. The van der Waals surface area contributed by atoms with Crippen molar-refractivity contribution in [3.63, 3.8) is 0 Å². The van der Waals surface area contributed by atoms with Crippen LogP contribution in [0.3, 0.4) is 0 Å². The molecule has 0 heterocycles. The number of halogens is 1. The van der Waals surface area contributed by atoms with Gasteiger partial charge in [0.15, 0.2) is 0 Å². The minimum atomic E-state index is 0.0428. The van der Waals surface area contributed by atoms with Gasteiger partial charge in [-0.05, 0) is 30.0 Å². The van der Waals surface area contributed by atoms with Crippen LogP contribution in [0.25, 0.3) is 0 Å². The van der Waals surface area contributed by atoms with E-state index in [-0.39, 0.29) is 5.91 Å². The lowest BCUT2D eigenvalue weighted by Crippen LogP contribution is -2.30. The Labute approximate surface area is 120 Å². The first-order valence-corrected chi connectivity index (χ1v) is 7.18. The molecule has 0 bridgehead atoms. The van der Waals surface area contributed by atoms with E-state index in [1.807, 2.05) is 24.3 Å². The van der Waals surface area contributed by atoms with Gasteiger partial charge in [0.1, 0.15) is 5.75 Å². The molecule has 1 amide bonds. The molecule has 0 aliphatic carbocycles. The minimum Gasteiger partial charge on any atom is -0.497 e. The summed E-state index contributed by atoms with van der Waals surface area (Å²) in [5.41, 5.74) is 0.960. The molecule has 3 nitrogen and oxygen atoms in total.